The first-order valence-electron chi connectivity index (χ1n) is 11.2. The number of fused-ring (bicyclic) bond motifs is 1. The van der Waals surface area contributed by atoms with E-state index >= 15 is 0 Å². The number of rotatable bonds is 7. The average Bonchev–Trinajstić information content (AvgIpc) is 2.86. The number of nitrogens with one attached hydrogen (secondary N) is 1. The summed E-state index contributed by atoms with van der Waals surface area (Å²) in [5.74, 6) is -1.01. The van der Waals surface area contributed by atoms with Gasteiger partial charge in [-0.15, -0.1) is 0 Å². The summed E-state index contributed by atoms with van der Waals surface area (Å²) < 4.78 is 37.9. The van der Waals surface area contributed by atoms with E-state index in [-0.39, 0.29) is 57.1 Å². The number of carbonyl (C=O) groups is 1. The maximum atomic E-state index is 13.4. The molecule has 0 radical (unpaired) electrons. The van der Waals surface area contributed by atoms with E-state index in [9.17, 15) is 22.9 Å². The minimum Gasteiger partial charge on any atom is -0.870 e. The van der Waals surface area contributed by atoms with Gasteiger partial charge in [0.15, 0.2) is 0 Å². The van der Waals surface area contributed by atoms with Crippen molar-refractivity contribution in [3.8, 4) is 11.5 Å². The van der Waals surface area contributed by atoms with Crippen LogP contribution in [0.4, 0.5) is 17.1 Å². The first-order chi connectivity index (χ1) is 18.0. The van der Waals surface area contributed by atoms with Crippen LogP contribution in [-0.4, -0.2) is 25.5 Å². The van der Waals surface area contributed by atoms with Crippen molar-refractivity contribution in [2.24, 2.45) is 10.2 Å². The molecule has 0 aliphatic carbocycles. The van der Waals surface area contributed by atoms with Gasteiger partial charge in [0.2, 0.25) is 0 Å². The molecule has 0 unspecified atom stereocenters. The first kappa shape index (κ1) is 30.8. The summed E-state index contributed by atoms with van der Waals surface area (Å²) in [6.45, 7) is 3.62. The van der Waals surface area contributed by atoms with Crippen molar-refractivity contribution in [2.75, 3.05) is 11.9 Å². The Hall–Kier alpha value is -2.70. The maximum Gasteiger partial charge on any atom is 1.00 e. The molecule has 2 N–H and O–H groups in total. The van der Waals surface area contributed by atoms with Gasteiger partial charge in [-0.2, -0.15) is 18.6 Å². The van der Waals surface area contributed by atoms with Crippen molar-refractivity contribution < 1.29 is 57.2 Å². The van der Waals surface area contributed by atoms with Gasteiger partial charge in [0.05, 0.1) is 28.7 Å². The molecule has 4 aromatic carbocycles. The van der Waals surface area contributed by atoms with Crippen molar-refractivity contribution >= 4 is 67.1 Å². The number of hydrogen-bond donors (Lipinski definition) is 2. The van der Waals surface area contributed by atoms with E-state index in [2.05, 4.69) is 15.5 Å². The second kappa shape index (κ2) is 12.6. The van der Waals surface area contributed by atoms with Crippen molar-refractivity contribution in [1.29, 1.82) is 0 Å². The topological polar surface area (TPSA) is 140 Å². The zero-order chi connectivity index (χ0) is 27.6. The molecule has 0 heterocycles. The van der Waals surface area contributed by atoms with Crippen molar-refractivity contribution in [2.45, 2.75) is 18.7 Å². The Bertz CT molecular complexity index is 1710. The van der Waals surface area contributed by atoms with Crippen LogP contribution in [-0.2, 0) is 10.1 Å². The Kier molecular flexibility index (Phi) is 10.0. The number of ether oxygens (including phenoxy) is 1. The van der Waals surface area contributed by atoms with Gasteiger partial charge in [0.25, 0.3) is 16.0 Å². The third-order valence-corrected chi connectivity index (χ3v) is 7.30. The van der Waals surface area contributed by atoms with Crippen LogP contribution in [0.15, 0.2) is 75.8 Å². The number of carbonyl (C=O) groups excluding carboxylic acids is 1. The van der Waals surface area contributed by atoms with Crippen LogP contribution < -0.4 is 44.7 Å². The van der Waals surface area contributed by atoms with E-state index in [1.165, 1.54) is 19.1 Å². The Balaban J connectivity index is 0.00000420. The molecule has 0 fully saturated rings. The van der Waals surface area contributed by atoms with Gasteiger partial charge in [-0.25, -0.2) is 0 Å². The van der Waals surface area contributed by atoms with Gasteiger partial charge in [-0.1, -0.05) is 53.2 Å². The fraction of sp³-hybridized carbons (Fsp3) is 0.115. The molecule has 0 aliphatic rings. The molecule has 9 nitrogen and oxygen atoms in total. The van der Waals surface area contributed by atoms with E-state index in [1.807, 2.05) is 0 Å². The van der Waals surface area contributed by atoms with Crippen LogP contribution in [0.1, 0.15) is 22.8 Å². The molecule has 0 atom stereocenters. The molecule has 39 heavy (non-hydrogen) atoms. The van der Waals surface area contributed by atoms with Gasteiger partial charge in [-0.05, 0) is 55.1 Å². The second-order valence-electron chi connectivity index (χ2n) is 8.05. The van der Waals surface area contributed by atoms with Crippen LogP contribution in [0.25, 0.3) is 10.8 Å². The number of benzene rings is 4. The standard InChI is InChI=1S/C26H21Cl2N3O6S.Na/c1-3-37-21-13-16(27)8-9-20(21)29-26(33)18-12-15-6-4-5-7-17(15)24(25(18)32)31-30-19-10-11-22(38(34,35)36)23(28)14(19)2;/h4-13,32H,3H2,1-2H3,(H,29,33)(H,34,35,36);/q;+1/p-1. The zero-order valence-corrected chi connectivity index (χ0v) is 25.4. The number of nitrogens with zero attached hydrogens (tertiary/aromatic N) is 2. The van der Waals surface area contributed by atoms with Crippen molar-refractivity contribution in [3.63, 3.8) is 0 Å². The third kappa shape index (κ3) is 6.72. The summed E-state index contributed by atoms with van der Waals surface area (Å²) in [4.78, 5) is 12.7. The molecular weight excluding hydrogens is 576 g/mol. The molecular formula is C26H20Cl2N3NaO6S. The van der Waals surface area contributed by atoms with Crippen LogP contribution in [0.3, 0.4) is 0 Å². The first-order valence-corrected chi connectivity index (χ1v) is 13.4. The van der Waals surface area contributed by atoms with Crippen molar-refractivity contribution in [3.05, 3.63) is 81.8 Å². The van der Waals surface area contributed by atoms with Gasteiger partial charge < -0.3 is 15.2 Å². The molecule has 0 bridgehead atoms. The Morgan fingerprint density at radius 2 is 1.79 bits per heavy atom. The van der Waals surface area contributed by atoms with Crippen LogP contribution in [0, 0.1) is 6.92 Å². The fourth-order valence-electron chi connectivity index (χ4n) is 3.70. The van der Waals surface area contributed by atoms with E-state index in [1.54, 1.807) is 49.4 Å². The summed E-state index contributed by atoms with van der Waals surface area (Å²) >= 11 is 12.1. The summed E-state index contributed by atoms with van der Waals surface area (Å²) in [6.07, 6.45) is 0. The zero-order valence-electron chi connectivity index (χ0n) is 21.0. The fourth-order valence-corrected chi connectivity index (χ4v) is 4.94. The van der Waals surface area contributed by atoms with Crippen molar-refractivity contribution in [1.82, 2.24) is 0 Å². The number of hydrogen-bond acceptors (Lipinski definition) is 7. The predicted molar refractivity (Wildman–Crippen MR) is 144 cm³/mol. The molecule has 1 amide bonds. The van der Waals surface area contributed by atoms with E-state index in [4.69, 9.17) is 27.9 Å². The molecule has 0 spiro atoms. The molecule has 0 saturated carbocycles. The average molecular weight is 596 g/mol. The van der Waals surface area contributed by atoms with Gasteiger partial charge in [0.1, 0.15) is 10.6 Å². The smallest absolute Gasteiger partial charge is 0.870 e. The molecule has 0 aromatic heterocycles. The van der Waals surface area contributed by atoms with Crippen LogP contribution >= 0.6 is 23.2 Å². The summed E-state index contributed by atoms with van der Waals surface area (Å²) in [7, 11) is -4.54. The van der Waals surface area contributed by atoms with Gasteiger partial charge >= 0.3 is 29.6 Å². The van der Waals surface area contributed by atoms with E-state index < -0.39 is 26.7 Å². The maximum absolute atomic E-state index is 13.4. The normalized spacial score (nSPS) is 11.4. The minimum absolute atomic E-state index is 0. The Morgan fingerprint density at radius 3 is 2.49 bits per heavy atom. The largest absolute Gasteiger partial charge is 1.00 e. The summed E-state index contributed by atoms with van der Waals surface area (Å²) in [6, 6.07) is 15.4. The van der Waals surface area contributed by atoms with Crippen LogP contribution in [0.5, 0.6) is 11.5 Å². The van der Waals surface area contributed by atoms with Crippen LogP contribution in [0.2, 0.25) is 10.0 Å². The van der Waals surface area contributed by atoms with E-state index in [0.29, 0.717) is 33.8 Å². The second-order valence-corrected chi connectivity index (χ2v) is 10.3. The monoisotopic (exact) mass is 595 g/mol. The van der Waals surface area contributed by atoms with E-state index in [0.717, 1.165) is 6.07 Å². The Labute approximate surface area is 256 Å². The number of halogens is 2. The third-order valence-electron chi connectivity index (χ3n) is 5.57. The predicted octanol–water partition coefficient (Wildman–Crippen LogP) is 3.85. The molecule has 196 valence electrons. The molecule has 13 heteroatoms. The molecule has 0 aliphatic heterocycles. The quantitative estimate of drug-likeness (QED) is 0.189. The summed E-state index contributed by atoms with van der Waals surface area (Å²) in [5.41, 5.74) is 0.460. The summed E-state index contributed by atoms with van der Waals surface area (Å²) in [5, 5.41) is 25.6. The molecule has 4 aromatic rings. The minimum atomic E-state index is -4.54. The van der Waals surface area contributed by atoms with Gasteiger partial charge in [0, 0.05) is 22.0 Å². The number of anilines is 1. The molecule has 0 saturated heterocycles. The number of amides is 1. The SMILES string of the molecule is CCOc1cc(Cl)ccc1NC(=O)c1cc2ccccc2c(N=Nc2ccc(S(=O)(=O)O)c(Cl)c2C)c1[O-].[Na+]. The molecule has 4 rings (SSSR count). The number of azo groups is 1. The van der Waals surface area contributed by atoms with Gasteiger partial charge in [-0.3, -0.25) is 9.35 Å². The Morgan fingerprint density at radius 1 is 1.08 bits per heavy atom.